The monoisotopic (exact) mass is 280 g/mol. The van der Waals surface area contributed by atoms with Gasteiger partial charge in [0.05, 0.1) is 6.33 Å². The number of hydrogen-bond donors (Lipinski definition) is 2. The van der Waals surface area contributed by atoms with Crippen LogP contribution in [0.1, 0.15) is 6.42 Å². The summed E-state index contributed by atoms with van der Waals surface area (Å²) in [5, 5.41) is 3.57. The molecule has 3 aromatic rings. The average molecular weight is 280 g/mol. The molecule has 1 aliphatic heterocycles. The van der Waals surface area contributed by atoms with Crippen molar-refractivity contribution in [2.24, 2.45) is 0 Å². The van der Waals surface area contributed by atoms with E-state index in [9.17, 15) is 0 Å². The third-order valence-corrected chi connectivity index (χ3v) is 3.84. The summed E-state index contributed by atoms with van der Waals surface area (Å²) in [5.74, 6) is 0.940. The first-order valence-corrected chi connectivity index (χ1v) is 7.11. The lowest BCUT2D eigenvalue weighted by Crippen LogP contribution is -2.26. The molecule has 3 heterocycles. The molecule has 4 rings (SSSR count). The van der Waals surface area contributed by atoms with Crippen LogP contribution in [0.25, 0.3) is 11.2 Å². The molecule has 1 atom stereocenters. The number of hydrogen-bond acceptors (Lipinski definition) is 5. The predicted molar refractivity (Wildman–Crippen MR) is 82.4 cm³/mol. The van der Waals surface area contributed by atoms with Crippen molar-refractivity contribution in [1.82, 2.24) is 19.9 Å². The minimum Gasteiger partial charge on any atom is -0.380 e. The van der Waals surface area contributed by atoms with Crippen LogP contribution >= 0.6 is 0 Å². The molecule has 0 bridgehead atoms. The number of nitrogens with zero attached hydrogens (tertiary/aromatic N) is 4. The molecule has 0 saturated carbocycles. The van der Waals surface area contributed by atoms with Gasteiger partial charge < -0.3 is 15.2 Å². The Labute approximate surface area is 122 Å². The number of H-pyrrole nitrogens is 1. The average Bonchev–Trinajstić information content (AvgIpc) is 3.16. The van der Waals surface area contributed by atoms with Crippen molar-refractivity contribution < 1.29 is 0 Å². The summed E-state index contributed by atoms with van der Waals surface area (Å²) in [6.45, 7) is 1.91. The number of imidazole rings is 1. The highest BCUT2D eigenvalue weighted by Crippen LogP contribution is 2.25. The van der Waals surface area contributed by atoms with Gasteiger partial charge in [-0.2, -0.15) is 0 Å². The van der Waals surface area contributed by atoms with Crippen molar-refractivity contribution in [1.29, 1.82) is 0 Å². The van der Waals surface area contributed by atoms with Gasteiger partial charge in [-0.3, -0.25) is 0 Å². The zero-order valence-electron chi connectivity index (χ0n) is 11.5. The highest BCUT2D eigenvalue weighted by Gasteiger charge is 2.25. The van der Waals surface area contributed by atoms with Crippen LogP contribution in [0.4, 0.5) is 11.5 Å². The minimum absolute atomic E-state index is 0.431. The molecule has 106 valence electrons. The number of anilines is 2. The predicted octanol–water partition coefficient (Wildman–Crippen LogP) is 2.04. The summed E-state index contributed by atoms with van der Waals surface area (Å²) in [5.41, 5.74) is 2.80. The van der Waals surface area contributed by atoms with Gasteiger partial charge in [-0.05, 0) is 18.6 Å². The quantitative estimate of drug-likeness (QED) is 0.768. The van der Waals surface area contributed by atoms with Gasteiger partial charge in [-0.1, -0.05) is 18.2 Å². The standard InChI is InChI=1S/C15H16N6/c1-2-4-11(5-3-1)20-12-6-7-21(8-12)15-13-14(17-9-16-13)18-10-19-15/h1-5,9-10,12,20H,6-8H2,(H,16,17,18,19)/t12-/m0/s1. The Morgan fingerprint density at radius 3 is 2.95 bits per heavy atom. The van der Waals surface area contributed by atoms with Crippen molar-refractivity contribution in [3.8, 4) is 0 Å². The molecule has 0 spiro atoms. The molecule has 1 aliphatic rings. The number of benzene rings is 1. The lowest BCUT2D eigenvalue weighted by Gasteiger charge is -2.18. The maximum atomic E-state index is 4.42. The molecule has 0 radical (unpaired) electrons. The first kappa shape index (κ1) is 12.1. The summed E-state index contributed by atoms with van der Waals surface area (Å²) < 4.78 is 0. The fourth-order valence-electron chi connectivity index (χ4n) is 2.83. The van der Waals surface area contributed by atoms with Crippen molar-refractivity contribution in [2.45, 2.75) is 12.5 Å². The lowest BCUT2D eigenvalue weighted by atomic mass is 10.2. The van der Waals surface area contributed by atoms with Crippen LogP contribution in [-0.4, -0.2) is 39.1 Å². The van der Waals surface area contributed by atoms with Crippen molar-refractivity contribution in [3.05, 3.63) is 43.0 Å². The number of para-hydroxylation sites is 1. The summed E-state index contributed by atoms with van der Waals surface area (Å²) in [4.78, 5) is 18.2. The number of aromatic nitrogens is 4. The Hall–Kier alpha value is -2.63. The van der Waals surface area contributed by atoms with Gasteiger partial charge in [0, 0.05) is 24.8 Å². The molecule has 2 N–H and O–H groups in total. The van der Waals surface area contributed by atoms with Crippen LogP contribution in [0.15, 0.2) is 43.0 Å². The van der Waals surface area contributed by atoms with Gasteiger partial charge in [0.1, 0.15) is 11.8 Å². The zero-order chi connectivity index (χ0) is 14.1. The molecule has 0 aliphatic carbocycles. The maximum absolute atomic E-state index is 4.42. The smallest absolute Gasteiger partial charge is 0.182 e. The Kier molecular flexibility index (Phi) is 2.92. The van der Waals surface area contributed by atoms with Gasteiger partial charge >= 0.3 is 0 Å². The van der Waals surface area contributed by atoms with Gasteiger partial charge in [0.2, 0.25) is 0 Å². The SMILES string of the molecule is c1ccc(N[C@H]2CCN(c3ncnc4nc[nH]c34)C2)cc1. The molecule has 2 aromatic heterocycles. The Balaban J connectivity index is 1.52. The number of fused-ring (bicyclic) bond motifs is 1. The van der Waals surface area contributed by atoms with Crippen LogP contribution < -0.4 is 10.2 Å². The van der Waals surface area contributed by atoms with Gasteiger partial charge in [0.15, 0.2) is 11.5 Å². The maximum Gasteiger partial charge on any atom is 0.182 e. The third kappa shape index (κ3) is 2.29. The van der Waals surface area contributed by atoms with E-state index in [4.69, 9.17) is 0 Å². The summed E-state index contributed by atoms with van der Waals surface area (Å²) in [6.07, 6.45) is 4.34. The first-order valence-electron chi connectivity index (χ1n) is 7.11. The van der Waals surface area contributed by atoms with Crippen LogP contribution in [0.5, 0.6) is 0 Å². The molecule has 0 amide bonds. The van der Waals surface area contributed by atoms with E-state index >= 15 is 0 Å². The van der Waals surface area contributed by atoms with E-state index in [2.05, 4.69) is 42.3 Å². The van der Waals surface area contributed by atoms with Crippen molar-refractivity contribution in [2.75, 3.05) is 23.3 Å². The number of rotatable bonds is 3. The fraction of sp³-hybridized carbons (Fsp3) is 0.267. The zero-order valence-corrected chi connectivity index (χ0v) is 11.5. The topological polar surface area (TPSA) is 69.7 Å². The second-order valence-corrected chi connectivity index (χ2v) is 5.24. The molecule has 0 unspecified atom stereocenters. The van der Waals surface area contributed by atoms with Gasteiger partial charge in [0.25, 0.3) is 0 Å². The molecular weight excluding hydrogens is 264 g/mol. The molecule has 21 heavy (non-hydrogen) atoms. The molecule has 6 nitrogen and oxygen atoms in total. The second kappa shape index (κ2) is 5.05. The minimum atomic E-state index is 0.431. The van der Waals surface area contributed by atoms with Crippen LogP contribution in [0.2, 0.25) is 0 Å². The van der Waals surface area contributed by atoms with Crippen molar-refractivity contribution >= 4 is 22.7 Å². The highest BCUT2D eigenvalue weighted by molar-refractivity contribution is 5.82. The van der Waals surface area contributed by atoms with Gasteiger partial charge in [-0.15, -0.1) is 0 Å². The second-order valence-electron chi connectivity index (χ2n) is 5.24. The van der Waals surface area contributed by atoms with Crippen LogP contribution in [0.3, 0.4) is 0 Å². The summed E-state index contributed by atoms with van der Waals surface area (Å²) in [6, 6.07) is 10.8. The number of nitrogens with one attached hydrogen (secondary N) is 2. The van der Waals surface area contributed by atoms with Crippen LogP contribution in [0, 0.1) is 0 Å². The molecular formula is C15H16N6. The van der Waals surface area contributed by atoms with Gasteiger partial charge in [-0.25, -0.2) is 15.0 Å². The van der Waals surface area contributed by atoms with E-state index < -0.39 is 0 Å². The van der Waals surface area contributed by atoms with E-state index in [0.29, 0.717) is 6.04 Å². The Morgan fingerprint density at radius 2 is 2.05 bits per heavy atom. The highest BCUT2D eigenvalue weighted by atomic mass is 15.2. The van der Waals surface area contributed by atoms with E-state index in [1.807, 2.05) is 18.2 Å². The van der Waals surface area contributed by atoms with Crippen molar-refractivity contribution in [3.63, 3.8) is 0 Å². The third-order valence-electron chi connectivity index (χ3n) is 3.84. The number of aromatic amines is 1. The first-order chi connectivity index (χ1) is 10.4. The van der Waals surface area contributed by atoms with Crippen LogP contribution in [-0.2, 0) is 0 Å². The Bertz CT molecular complexity index is 738. The normalized spacial score (nSPS) is 18.3. The largest absolute Gasteiger partial charge is 0.380 e. The molecule has 6 heteroatoms. The summed E-state index contributed by atoms with van der Waals surface area (Å²) >= 11 is 0. The molecule has 1 saturated heterocycles. The van der Waals surface area contributed by atoms with E-state index in [0.717, 1.165) is 36.5 Å². The molecule has 1 fully saturated rings. The Morgan fingerprint density at radius 1 is 1.14 bits per heavy atom. The lowest BCUT2D eigenvalue weighted by molar-refractivity contribution is 0.806. The van der Waals surface area contributed by atoms with E-state index in [-0.39, 0.29) is 0 Å². The molecule has 1 aromatic carbocycles. The fourth-order valence-corrected chi connectivity index (χ4v) is 2.83. The van der Waals surface area contributed by atoms with E-state index in [1.165, 1.54) is 5.69 Å². The van der Waals surface area contributed by atoms with E-state index in [1.54, 1.807) is 12.7 Å². The summed E-state index contributed by atoms with van der Waals surface area (Å²) in [7, 11) is 0.